The third kappa shape index (κ3) is 2.89. The van der Waals surface area contributed by atoms with Crippen LogP contribution in [0, 0.1) is 26.7 Å². The minimum atomic E-state index is -0.868. The number of ketones is 2. The Kier molecular flexibility index (Phi) is 4.26. The van der Waals surface area contributed by atoms with Crippen molar-refractivity contribution in [1.29, 1.82) is 0 Å². The number of ether oxygens (including phenoxy) is 1. The summed E-state index contributed by atoms with van der Waals surface area (Å²) >= 11 is 0. The fraction of sp³-hybridized carbons (Fsp3) is 0.471. The van der Waals surface area contributed by atoms with Gasteiger partial charge in [0.05, 0.1) is 13.5 Å². The summed E-state index contributed by atoms with van der Waals surface area (Å²) in [4.78, 5) is 36.0. The number of carbonyl (C=O) groups is 3. The third-order valence-electron chi connectivity index (χ3n) is 4.13. The van der Waals surface area contributed by atoms with Crippen molar-refractivity contribution in [1.82, 2.24) is 0 Å². The van der Waals surface area contributed by atoms with E-state index in [1.807, 2.05) is 32.9 Å². The molecule has 1 fully saturated rings. The van der Waals surface area contributed by atoms with Crippen LogP contribution in [-0.2, 0) is 19.1 Å². The van der Waals surface area contributed by atoms with Crippen LogP contribution in [0.5, 0.6) is 0 Å². The zero-order chi connectivity index (χ0) is 15.7. The normalized spacial score (nSPS) is 22.3. The number of aryl methyl sites for hydroxylation is 3. The van der Waals surface area contributed by atoms with Crippen molar-refractivity contribution in [3.8, 4) is 0 Å². The quantitative estimate of drug-likeness (QED) is 0.619. The van der Waals surface area contributed by atoms with Gasteiger partial charge in [-0.25, -0.2) is 0 Å². The summed E-state index contributed by atoms with van der Waals surface area (Å²) in [7, 11) is 1.28. The van der Waals surface area contributed by atoms with Crippen LogP contribution in [0.4, 0.5) is 0 Å². The van der Waals surface area contributed by atoms with E-state index in [-0.39, 0.29) is 24.4 Å². The van der Waals surface area contributed by atoms with E-state index in [9.17, 15) is 14.4 Å². The number of benzene rings is 1. The van der Waals surface area contributed by atoms with Gasteiger partial charge in [0.25, 0.3) is 0 Å². The van der Waals surface area contributed by atoms with Gasteiger partial charge in [-0.3, -0.25) is 14.4 Å². The Morgan fingerprint density at radius 1 is 1.14 bits per heavy atom. The Morgan fingerprint density at radius 2 is 1.71 bits per heavy atom. The van der Waals surface area contributed by atoms with Gasteiger partial charge >= 0.3 is 5.97 Å². The van der Waals surface area contributed by atoms with E-state index >= 15 is 0 Å². The maximum atomic E-state index is 12.2. The molecule has 4 nitrogen and oxygen atoms in total. The molecule has 1 aliphatic carbocycles. The van der Waals surface area contributed by atoms with Gasteiger partial charge in [-0.2, -0.15) is 0 Å². The highest BCUT2D eigenvalue weighted by atomic mass is 16.5. The predicted molar refractivity (Wildman–Crippen MR) is 78.1 cm³/mol. The molecule has 0 unspecified atom stereocenters. The molecule has 4 heteroatoms. The first-order chi connectivity index (χ1) is 9.85. The van der Waals surface area contributed by atoms with Crippen molar-refractivity contribution in [2.24, 2.45) is 5.92 Å². The van der Waals surface area contributed by atoms with Crippen molar-refractivity contribution < 1.29 is 19.1 Å². The van der Waals surface area contributed by atoms with E-state index in [1.54, 1.807) is 0 Å². The highest BCUT2D eigenvalue weighted by Gasteiger charge is 2.43. The van der Waals surface area contributed by atoms with Crippen LogP contribution < -0.4 is 0 Å². The van der Waals surface area contributed by atoms with Crippen molar-refractivity contribution >= 4 is 17.5 Å². The number of Topliss-reactive ketones (excluding diaryl/α,β-unsaturated/α-hetero) is 2. The smallest absolute Gasteiger partial charge is 0.316 e. The van der Waals surface area contributed by atoms with E-state index in [0.717, 1.165) is 22.3 Å². The van der Waals surface area contributed by atoms with E-state index in [1.165, 1.54) is 7.11 Å². The third-order valence-corrected chi connectivity index (χ3v) is 4.13. The molecule has 0 aromatic heterocycles. The molecule has 1 aromatic rings. The van der Waals surface area contributed by atoms with Gasteiger partial charge in [0.15, 0.2) is 5.78 Å². The van der Waals surface area contributed by atoms with Gasteiger partial charge in [0, 0.05) is 12.3 Å². The summed E-state index contributed by atoms with van der Waals surface area (Å²) in [5, 5.41) is 0. The van der Waals surface area contributed by atoms with Crippen LogP contribution in [0.2, 0.25) is 0 Å². The summed E-state index contributed by atoms with van der Waals surface area (Å²) < 4.78 is 4.78. The molecule has 0 radical (unpaired) electrons. The predicted octanol–water partition coefficient (Wildman–Crippen LogP) is 2.42. The number of hydrogen-bond donors (Lipinski definition) is 0. The Hall–Kier alpha value is -1.97. The van der Waals surface area contributed by atoms with Gasteiger partial charge < -0.3 is 4.74 Å². The first kappa shape index (κ1) is 15.4. The highest BCUT2D eigenvalue weighted by molar-refractivity contribution is 6.11. The first-order valence-corrected chi connectivity index (χ1v) is 7.05. The molecule has 0 amide bonds. The molecule has 1 saturated carbocycles. The van der Waals surface area contributed by atoms with Crippen LogP contribution in [-0.4, -0.2) is 24.6 Å². The molecule has 0 bridgehead atoms. The van der Waals surface area contributed by atoms with Crippen LogP contribution in [0.25, 0.3) is 0 Å². The molecule has 1 aliphatic rings. The Morgan fingerprint density at radius 3 is 2.24 bits per heavy atom. The molecule has 0 saturated heterocycles. The largest absolute Gasteiger partial charge is 0.468 e. The minimum Gasteiger partial charge on any atom is -0.468 e. The van der Waals surface area contributed by atoms with Crippen LogP contribution in [0.3, 0.4) is 0 Å². The maximum Gasteiger partial charge on any atom is 0.316 e. The standard InChI is InChI=1S/C17H20O4/c1-9-5-10(2)15(11(3)6-9)13-7-12(18)8-14(19)16(13)17(20)21-4/h5-6,13,16H,7-8H2,1-4H3/t13-,16+/m1/s1. The van der Waals surface area contributed by atoms with E-state index in [2.05, 4.69) is 0 Å². The molecule has 0 aliphatic heterocycles. The van der Waals surface area contributed by atoms with Crippen LogP contribution in [0.15, 0.2) is 12.1 Å². The lowest BCUT2D eigenvalue weighted by atomic mass is 9.71. The highest BCUT2D eigenvalue weighted by Crippen LogP contribution is 2.38. The lowest BCUT2D eigenvalue weighted by molar-refractivity contribution is -0.152. The molecule has 1 aromatic carbocycles. The van der Waals surface area contributed by atoms with Crippen molar-refractivity contribution in [2.75, 3.05) is 7.11 Å². The van der Waals surface area contributed by atoms with Crippen molar-refractivity contribution in [3.63, 3.8) is 0 Å². The summed E-state index contributed by atoms with van der Waals surface area (Å²) in [6, 6.07) is 4.03. The van der Waals surface area contributed by atoms with E-state index in [4.69, 9.17) is 4.74 Å². The topological polar surface area (TPSA) is 60.4 Å². The van der Waals surface area contributed by atoms with Gasteiger partial charge in [-0.15, -0.1) is 0 Å². The molecule has 2 rings (SSSR count). The fourth-order valence-electron chi connectivity index (χ4n) is 3.43. The number of carbonyl (C=O) groups excluding carboxylic acids is 3. The lowest BCUT2D eigenvalue weighted by Crippen LogP contribution is -2.38. The second kappa shape index (κ2) is 5.80. The van der Waals surface area contributed by atoms with Crippen molar-refractivity contribution in [3.05, 3.63) is 34.4 Å². The second-order valence-corrected chi connectivity index (χ2v) is 5.81. The van der Waals surface area contributed by atoms with Gasteiger partial charge in [-0.05, 0) is 37.5 Å². The van der Waals surface area contributed by atoms with E-state index in [0.29, 0.717) is 0 Å². The summed E-state index contributed by atoms with van der Waals surface area (Å²) in [6.45, 7) is 5.90. The average molecular weight is 288 g/mol. The van der Waals surface area contributed by atoms with Gasteiger partial charge in [0.2, 0.25) is 0 Å². The minimum absolute atomic E-state index is 0.107. The monoisotopic (exact) mass is 288 g/mol. The molecule has 21 heavy (non-hydrogen) atoms. The zero-order valence-corrected chi connectivity index (χ0v) is 12.9. The maximum absolute atomic E-state index is 12.2. The van der Waals surface area contributed by atoms with Crippen LogP contribution >= 0.6 is 0 Å². The zero-order valence-electron chi connectivity index (χ0n) is 12.9. The lowest BCUT2D eigenvalue weighted by Gasteiger charge is -2.30. The fourth-order valence-corrected chi connectivity index (χ4v) is 3.43. The molecule has 0 N–H and O–H groups in total. The summed E-state index contributed by atoms with van der Waals surface area (Å²) in [6.07, 6.45) is 0.0521. The van der Waals surface area contributed by atoms with Crippen molar-refractivity contribution in [2.45, 2.75) is 39.5 Å². The van der Waals surface area contributed by atoms with Gasteiger partial charge in [-0.1, -0.05) is 17.7 Å². The average Bonchev–Trinajstić information content (AvgIpc) is 2.36. The second-order valence-electron chi connectivity index (χ2n) is 5.81. The number of rotatable bonds is 2. The number of esters is 1. The van der Waals surface area contributed by atoms with Crippen LogP contribution in [0.1, 0.15) is 41.0 Å². The van der Waals surface area contributed by atoms with Gasteiger partial charge in [0.1, 0.15) is 11.7 Å². The molecule has 0 spiro atoms. The Bertz CT molecular complexity index is 592. The summed E-state index contributed by atoms with van der Waals surface area (Å²) in [5.41, 5.74) is 4.07. The number of hydrogen-bond acceptors (Lipinski definition) is 4. The Labute approximate surface area is 124 Å². The molecule has 112 valence electrons. The SMILES string of the molecule is COC(=O)[C@@H]1C(=O)CC(=O)C[C@@H]1c1c(C)cc(C)cc1C. The van der Waals surface area contributed by atoms with E-state index < -0.39 is 17.8 Å². The first-order valence-electron chi connectivity index (χ1n) is 7.05. The molecular weight excluding hydrogens is 268 g/mol. The Balaban J connectivity index is 2.54. The molecule has 0 heterocycles. The summed E-state index contributed by atoms with van der Waals surface area (Å²) in [5.74, 6) is -2.26. The number of methoxy groups -OCH3 is 1. The molecular formula is C17H20O4. The molecule has 2 atom stereocenters.